The number of carboxylic acid groups (broad SMARTS) is 1. The molecule has 7 nitrogen and oxygen atoms in total. The largest absolute Gasteiger partial charge is 0.477 e. The minimum absolute atomic E-state index is 0.0636. The molecule has 0 spiro atoms. The van der Waals surface area contributed by atoms with Gasteiger partial charge in [-0.2, -0.15) is 9.57 Å². The summed E-state index contributed by atoms with van der Waals surface area (Å²) in [6, 6.07) is 2.84. The molecule has 0 atom stereocenters. The predicted molar refractivity (Wildman–Crippen MR) is 71.8 cm³/mol. The normalized spacial score (nSPS) is 11.8. The van der Waals surface area contributed by atoms with Crippen molar-refractivity contribution in [2.45, 2.75) is 31.2 Å². The van der Waals surface area contributed by atoms with Crippen molar-refractivity contribution in [2.24, 2.45) is 0 Å². The lowest BCUT2D eigenvalue weighted by molar-refractivity contribution is 0.0683. The van der Waals surface area contributed by atoms with Gasteiger partial charge in [0.1, 0.15) is 10.6 Å². The number of rotatable bonds is 6. The third kappa shape index (κ3) is 3.18. The van der Waals surface area contributed by atoms with Crippen LogP contribution in [-0.4, -0.2) is 42.0 Å². The van der Waals surface area contributed by atoms with E-state index in [0.29, 0.717) is 0 Å². The van der Waals surface area contributed by atoms with Gasteiger partial charge in [0, 0.05) is 32.3 Å². The van der Waals surface area contributed by atoms with Crippen LogP contribution >= 0.6 is 0 Å². The Morgan fingerprint density at radius 1 is 1.55 bits per heavy atom. The zero-order valence-corrected chi connectivity index (χ0v) is 12.4. The molecule has 0 saturated carbocycles. The molecule has 8 heteroatoms. The van der Waals surface area contributed by atoms with Crippen LogP contribution in [0.25, 0.3) is 0 Å². The van der Waals surface area contributed by atoms with Crippen molar-refractivity contribution in [2.75, 3.05) is 13.6 Å². The summed E-state index contributed by atoms with van der Waals surface area (Å²) in [5.41, 5.74) is -0.0766. The van der Waals surface area contributed by atoms with Crippen LogP contribution in [-0.2, 0) is 10.0 Å². The van der Waals surface area contributed by atoms with Crippen LogP contribution in [0.2, 0.25) is 0 Å². The summed E-state index contributed by atoms with van der Waals surface area (Å²) in [5.74, 6) is -1.18. The number of hydrogen-bond donors (Lipinski definition) is 1. The Morgan fingerprint density at radius 3 is 2.55 bits per heavy atom. The van der Waals surface area contributed by atoms with Crippen molar-refractivity contribution in [1.29, 1.82) is 5.26 Å². The Labute approximate surface area is 118 Å². The summed E-state index contributed by atoms with van der Waals surface area (Å²) in [7, 11) is -2.42. The fourth-order valence-electron chi connectivity index (χ4n) is 1.70. The molecule has 0 aliphatic carbocycles. The Hall–Kier alpha value is -1.85. The second-order valence-corrected chi connectivity index (χ2v) is 6.65. The lowest BCUT2D eigenvalue weighted by atomic mass is 10.3. The van der Waals surface area contributed by atoms with E-state index < -0.39 is 16.0 Å². The molecule has 0 fully saturated rings. The van der Waals surface area contributed by atoms with Crippen molar-refractivity contribution in [1.82, 2.24) is 8.87 Å². The molecule has 0 bridgehead atoms. The lowest BCUT2D eigenvalue weighted by Crippen LogP contribution is -2.27. The summed E-state index contributed by atoms with van der Waals surface area (Å²) in [6.45, 7) is 3.60. The Bertz CT molecular complexity index is 640. The maximum absolute atomic E-state index is 12.3. The fraction of sp³-hybridized carbons (Fsp3) is 0.500. The second kappa shape index (κ2) is 6.07. The molecule has 1 N–H and O–H groups in total. The summed E-state index contributed by atoms with van der Waals surface area (Å²) in [6.07, 6.45) is 1.39. The molecule has 1 aromatic rings. The number of carbonyl (C=O) groups is 1. The summed E-state index contributed by atoms with van der Waals surface area (Å²) in [5, 5.41) is 17.6. The number of carboxylic acids is 1. The SMILES string of the molecule is CC(C)n1cc(S(=O)(=O)N(C)CCC#N)cc1C(=O)O. The van der Waals surface area contributed by atoms with Gasteiger partial charge in [-0.05, 0) is 19.9 Å². The van der Waals surface area contributed by atoms with E-state index >= 15 is 0 Å². The first-order valence-electron chi connectivity index (χ1n) is 6.00. The summed E-state index contributed by atoms with van der Waals surface area (Å²) in [4.78, 5) is 11.1. The Morgan fingerprint density at radius 2 is 2.15 bits per heavy atom. The highest BCUT2D eigenvalue weighted by Gasteiger charge is 2.25. The van der Waals surface area contributed by atoms with Gasteiger partial charge in [-0.15, -0.1) is 0 Å². The molecule has 0 unspecified atom stereocenters. The van der Waals surface area contributed by atoms with Crippen molar-refractivity contribution >= 4 is 16.0 Å². The molecule has 1 aromatic heterocycles. The van der Waals surface area contributed by atoms with E-state index in [-0.39, 0.29) is 29.6 Å². The van der Waals surface area contributed by atoms with Crippen molar-refractivity contribution in [3.8, 4) is 6.07 Å². The number of hydrogen-bond acceptors (Lipinski definition) is 4. The van der Waals surface area contributed by atoms with Crippen LogP contribution in [0.5, 0.6) is 0 Å². The molecule has 0 radical (unpaired) electrons. The van der Waals surface area contributed by atoms with Gasteiger partial charge in [0.15, 0.2) is 0 Å². The van der Waals surface area contributed by atoms with E-state index in [1.54, 1.807) is 13.8 Å². The quantitative estimate of drug-likeness (QED) is 0.852. The zero-order chi connectivity index (χ0) is 15.5. The molecule has 0 aliphatic heterocycles. The third-order valence-electron chi connectivity index (χ3n) is 2.85. The molecule has 20 heavy (non-hydrogen) atoms. The smallest absolute Gasteiger partial charge is 0.352 e. The number of nitriles is 1. The van der Waals surface area contributed by atoms with Crippen LogP contribution in [0, 0.1) is 11.3 Å². The van der Waals surface area contributed by atoms with Gasteiger partial charge < -0.3 is 9.67 Å². The monoisotopic (exact) mass is 299 g/mol. The maximum Gasteiger partial charge on any atom is 0.352 e. The summed E-state index contributed by atoms with van der Waals surface area (Å²) < 4.78 is 27.0. The van der Waals surface area contributed by atoms with Crippen LogP contribution in [0.4, 0.5) is 0 Å². The van der Waals surface area contributed by atoms with Gasteiger partial charge in [0.25, 0.3) is 0 Å². The topological polar surface area (TPSA) is 103 Å². The first kappa shape index (κ1) is 16.2. The van der Waals surface area contributed by atoms with Crippen LogP contribution in [0.3, 0.4) is 0 Å². The van der Waals surface area contributed by atoms with Crippen LogP contribution in [0.1, 0.15) is 36.8 Å². The van der Waals surface area contributed by atoms with Crippen molar-refractivity contribution in [3.63, 3.8) is 0 Å². The fourth-order valence-corrected chi connectivity index (χ4v) is 2.90. The maximum atomic E-state index is 12.3. The average Bonchev–Trinajstić information content (AvgIpc) is 2.81. The molecule has 1 rings (SSSR count). The van der Waals surface area contributed by atoms with Gasteiger partial charge in [-0.3, -0.25) is 0 Å². The molecule has 0 amide bonds. The van der Waals surface area contributed by atoms with E-state index in [0.717, 1.165) is 10.4 Å². The number of nitrogens with zero attached hydrogens (tertiary/aromatic N) is 3. The highest BCUT2D eigenvalue weighted by molar-refractivity contribution is 7.89. The molecule has 1 heterocycles. The van der Waals surface area contributed by atoms with E-state index in [1.165, 1.54) is 17.8 Å². The highest BCUT2D eigenvalue weighted by atomic mass is 32.2. The summed E-state index contributed by atoms with van der Waals surface area (Å²) >= 11 is 0. The molecule has 110 valence electrons. The zero-order valence-electron chi connectivity index (χ0n) is 11.6. The van der Waals surface area contributed by atoms with E-state index in [9.17, 15) is 13.2 Å². The predicted octanol–water partition coefficient (Wildman–Crippen LogP) is 1.30. The number of aromatic carboxylic acids is 1. The minimum atomic E-state index is -3.78. The number of sulfonamides is 1. The van der Waals surface area contributed by atoms with E-state index in [4.69, 9.17) is 10.4 Å². The van der Waals surface area contributed by atoms with Crippen molar-refractivity contribution in [3.05, 3.63) is 18.0 Å². The van der Waals surface area contributed by atoms with Gasteiger partial charge in [0.2, 0.25) is 10.0 Å². The number of aromatic nitrogens is 1. The standard InChI is InChI=1S/C12H17N3O4S/c1-9(2)15-8-10(7-11(15)12(16)17)20(18,19)14(3)6-4-5-13/h7-9H,4,6H2,1-3H3,(H,16,17). The highest BCUT2D eigenvalue weighted by Crippen LogP contribution is 2.21. The minimum Gasteiger partial charge on any atom is -0.477 e. The first-order valence-corrected chi connectivity index (χ1v) is 7.44. The van der Waals surface area contributed by atoms with E-state index in [1.807, 2.05) is 6.07 Å². The second-order valence-electron chi connectivity index (χ2n) is 4.60. The molecule has 0 aliphatic rings. The third-order valence-corrected chi connectivity index (χ3v) is 4.67. The van der Waals surface area contributed by atoms with Crippen LogP contribution in [0.15, 0.2) is 17.2 Å². The van der Waals surface area contributed by atoms with Crippen LogP contribution < -0.4 is 0 Å². The Kier molecular flexibility index (Phi) is 4.92. The van der Waals surface area contributed by atoms with Gasteiger partial charge in [0.05, 0.1) is 6.07 Å². The molecular formula is C12H17N3O4S. The molecule has 0 aromatic carbocycles. The lowest BCUT2D eigenvalue weighted by Gasteiger charge is -2.14. The first-order chi connectivity index (χ1) is 9.21. The van der Waals surface area contributed by atoms with Gasteiger partial charge >= 0.3 is 5.97 Å². The van der Waals surface area contributed by atoms with E-state index in [2.05, 4.69) is 0 Å². The Balaban J connectivity index is 3.23. The van der Waals surface area contributed by atoms with Crippen molar-refractivity contribution < 1.29 is 18.3 Å². The average molecular weight is 299 g/mol. The molecule has 0 saturated heterocycles. The van der Waals surface area contributed by atoms with Gasteiger partial charge in [-0.1, -0.05) is 0 Å². The molecular weight excluding hydrogens is 282 g/mol. The van der Waals surface area contributed by atoms with Gasteiger partial charge in [-0.25, -0.2) is 13.2 Å².